The third-order valence-electron chi connectivity index (χ3n) is 7.20. The Hall–Kier alpha value is -3.55. The van der Waals surface area contributed by atoms with Crippen molar-refractivity contribution in [1.29, 1.82) is 0 Å². The van der Waals surface area contributed by atoms with E-state index in [4.69, 9.17) is 0 Å². The first-order valence-electron chi connectivity index (χ1n) is 11.4. The molecule has 0 bridgehead atoms. The molecule has 186 valence electrons. The van der Waals surface area contributed by atoms with Crippen molar-refractivity contribution in [3.63, 3.8) is 0 Å². The van der Waals surface area contributed by atoms with Crippen LogP contribution < -0.4 is 10.9 Å². The number of hydrogen-bond acceptors (Lipinski definition) is 8. The molecule has 5 N–H and O–H groups in total. The number of carbonyl (C=O) groups is 2. The number of aryl methyl sites for hydroxylation is 1. The SMILES string of the molecule is Cc1c(C(=O)N2CCn3c(C(=O)N[C@H]4C[C@H](CO)[C@@H](O)[C@@H]4O)cnc3C2C)cn2nc[nH]c(=O)c12. The Balaban J connectivity index is 1.36. The molecule has 1 unspecified atom stereocenters. The zero-order valence-corrected chi connectivity index (χ0v) is 19.2. The van der Waals surface area contributed by atoms with Gasteiger partial charge in [-0.2, -0.15) is 5.10 Å². The van der Waals surface area contributed by atoms with Crippen LogP contribution in [0.2, 0.25) is 0 Å². The van der Waals surface area contributed by atoms with Crippen LogP contribution in [0.5, 0.6) is 0 Å². The molecule has 5 rings (SSSR count). The third kappa shape index (κ3) is 3.63. The monoisotopic (exact) mass is 485 g/mol. The number of H-pyrrole nitrogens is 1. The molecule has 1 aliphatic heterocycles. The van der Waals surface area contributed by atoms with Gasteiger partial charge in [0.2, 0.25) is 0 Å². The summed E-state index contributed by atoms with van der Waals surface area (Å²) in [6.07, 6.45) is 2.21. The Morgan fingerprint density at radius 3 is 2.71 bits per heavy atom. The molecule has 1 fully saturated rings. The van der Waals surface area contributed by atoms with E-state index in [1.165, 1.54) is 23.2 Å². The third-order valence-corrected chi connectivity index (χ3v) is 7.20. The van der Waals surface area contributed by atoms with Crippen molar-refractivity contribution in [1.82, 2.24) is 34.4 Å². The molecule has 4 heterocycles. The fourth-order valence-electron chi connectivity index (χ4n) is 5.19. The number of carbonyl (C=O) groups excluding carboxylic acids is 2. The van der Waals surface area contributed by atoms with Gasteiger partial charge in [0.25, 0.3) is 17.4 Å². The number of aromatic amines is 1. The lowest BCUT2D eigenvalue weighted by Gasteiger charge is -2.34. The molecule has 2 amide bonds. The molecule has 0 aromatic carbocycles. The Morgan fingerprint density at radius 2 is 2.03 bits per heavy atom. The largest absolute Gasteiger partial charge is 0.396 e. The summed E-state index contributed by atoms with van der Waals surface area (Å²) in [7, 11) is 0. The first-order valence-corrected chi connectivity index (χ1v) is 11.4. The molecule has 5 atom stereocenters. The van der Waals surface area contributed by atoms with E-state index in [0.29, 0.717) is 35.6 Å². The highest BCUT2D eigenvalue weighted by molar-refractivity contribution is 5.98. The summed E-state index contributed by atoms with van der Waals surface area (Å²) in [6, 6.07) is -1.13. The van der Waals surface area contributed by atoms with Crippen LogP contribution >= 0.6 is 0 Å². The Bertz CT molecular complexity index is 1360. The van der Waals surface area contributed by atoms with E-state index in [1.807, 2.05) is 6.92 Å². The smallest absolute Gasteiger partial charge is 0.275 e. The van der Waals surface area contributed by atoms with Crippen molar-refractivity contribution in [3.8, 4) is 0 Å². The van der Waals surface area contributed by atoms with Gasteiger partial charge in [0.15, 0.2) is 0 Å². The molecule has 3 aromatic heterocycles. The first-order chi connectivity index (χ1) is 16.7. The van der Waals surface area contributed by atoms with Gasteiger partial charge in [0.05, 0.1) is 29.9 Å². The predicted molar refractivity (Wildman–Crippen MR) is 121 cm³/mol. The van der Waals surface area contributed by atoms with Crippen molar-refractivity contribution < 1.29 is 24.9 Å². The lowest BCUT2D eigenvalue weighted by molar-refractivity contribution is 0.0000956. The number of nitrogens with one attached hydrogen (secondary N) is 2. The molecule has 3 aromatic rings. The molecule has 13 heteroatoms. The van der Waals surface area contributed by atoms with Gasteiger partial charge in [-0.25, -0.2) is 9.50 Å². The Labute approximate surface area is 199 Å². The standard InChI is InChI=1S/C22H27N7O6/c1-10-13(7-29-16(10)21(34)24-9-25-29)22(35)27-3-4-28-15(6-23-19(28)11(27)2)20(33)26-14-5-12(8-30)17(31)18(14)32/h6-7,9,11-12,14,17-18,30-32H,3-5,8H2,1-2H3,(H,26,33)(H,24,25,34)/t11?,12-,14+,17-,18-/m1/s1. The number of aliphatic hydroxyl groups excluding tert-OH is 3. The van der Waals surface area contributed by atoms with Crippen molar-refractivity contribution in [2.75, 3.05) is 13.2 Å². The van der Waals surface area contributed by atoms with E-state index < -0.39 is 36.1 Å². The lowest BCUT2D eigenvalue weighted by atomic mass is 10.1. The van der Waals surface area contributed by atoms with Crippen LogP contribution in [0.1, 0.15) is 51.6 Å². The van der Waals surface area contributed by atoms with Gasteiger partial charge >= 0.3 is 0 Å². The van der Waals surface area contributed by atoms with Gasteiger partial charge in [-0.3, -0.25) is 14.4 Å². The summed E-state index contributed by atoms with van der Waals surface area (Å²) in [5.41, 5.74) is 1.16. The van der Waals surface area contributed by atoms with E-state index in [0.717, 1.165) is 0 Å². The van der Waals surface area contributed by atoms with Crippen molar-refractivity contribution in [2.45, 2.75) is 51.1 Å². The topological polar surface area (TPSA) is 178 Å². The van der Waals surface area contributed by atoms with E-state index in [9.17, 15) is 29.7 Å². The summed E-state index contributed by atoms with van der Waals surface area (Å²) < 4.78 is 3.12. The highest BCUT2D eigenvalue weighted by Crippen LogP contribution is 2.30. The van der Waals surface area contributed by atoms with Gasteiger partial charge in [-0.05, 0) is 25.8 Å². The lowest BCUT2D eigenvalue weighted by Crippen LogP contribution is -2.45. The van der Waals surface area contributed by atoms with E-state index in [-0.39, 0.29) is 30.2 Å². The number of aliphatic hydroxyl groups is 3. The maximum atomic E-state index is 13.4. The zero-order valence-electron chi connectivity index (χ0n) is 19.2. The summed E-state index contributed by atoms with van der Waals surface area (Å²) in [6.45, 7) is 3.88. The number of rotatable bonds is 4. The minimum Gasteiger partial charge on any atom is -0.396 e. The van der Waals surface area contributed by atoms with Gasteiger partial charge < -0.3 is 35.1 Å². The maximum Gasteiger partial charge on any atom is 0.275 e. The summed E-state index contributed by atoms with van der Waals surface area (Å²) in [5.74, 6) is -0.689. The van der Waals surface area contributed by atoms with Gasteiger partial charge in [0, 0.05) is 31.8 Å². The molecule has 0 spiro atoms. The number of imidazole rings is 1. The molecule has 2 aliphatic rings. The van der Waals surface area contributed by atoms with Crippen LogP contribution in [0.15, 0.2) is 23.5 Å². The van der Waals surface area contributed by atoms with E-state index in [2.05, 4.69) is 20.4 Å². The average molecular weight is 486 g/mol. The summed E-state index contributed by atoms with van der Waals surface area (Å²) >= 11 is 0. The molecular formula is C22H27N7O6. The maximum absolute atomic E-state index is 13.4. The van der Waals surface area contributed by atoms with Gasteiger partial charge in [0.1, 0.15) is 29.5 Å². The van der Waals surface area contributed by atoms with Crippen LogP contribution in [-0.2, 0) is 6.54 Å². The first kappa shape index (κ1) is 23.2. The number of aromatic nitrogens is 5. The van der Waals surface area contributed by atoms with Crippen LogP contribution in [0, 0.1) is 12.8 Å². The van der Waals surface area contributed by atoms with Gasteiger partial charge in [-0.15, -0.1) is 0 Å². The minimum atomic E-state index is -1.17. The highest BCUT2D eigenvalue weighted by atomic mass is 16.3. The fraction of sp³-hybridized carbons (Fsp3) is 0.500. The number of fused-ring (bicyclic) bond motifs is 2. The molecule has 0 radical (unpaired) electrons. The van der Waals surface area contributed by atoms with Crippen LogP contribution in [0.4, 0.5) is 0 Å². The normalized spacial score (nSPS) is 26.2. The van der Waals surface area contributed by atoms with Crippen LogP contribution in [0.25, 0.3) is 5.52 Å². The average Bonchev–Trinajstić information content (AvgIpc) is 3.50. The molecular weight excluding hydrogens is 458 g/mol. The van der Waals surface area contributed by atoms with Crippen LogP contribution in [-0.4, -0.2) is 87.6 Å². The van der Waals surface area contributed by atoms with Gasteiger partial charge in [-0.1, -0.05) is 0 Å². The number of nitrogens with zero attached hydrogens (tertiary/aromatic N) is 5. The highest BCUT2D eigenvalue weighted by Gasteiger charge is 2.42. The molecule has 1 aliphatic carbocycles. The second kappa shape index (κ2) is 8.59. The molecule has 13 nitrogen and oxygen atoms in total. The zero-order chi connectivity index (χ0) is 25.0. The molecule has 1 saturated carbocycles. The summed E-state index contributed by atoms with van der Waals surface area (Å²) in [4.78, 5) is 47.1. The summed E-state index contributed by atoms with van der Waals surface area (Å²) in [5, 5.41) is 36.4. The predicted octanol–water partition coefficient (Wildman–Crippen LogP) is -1.42. The molecule has 0 saturated heterocycles. The fourth-order valence-corrected chi connectivity index (χ4v) is 5.19. The Morgan fingerprint density at radius 1 is 1.26 bits per heavy atom. The molecule has 35 heavy (non-hydrogen) atoms. The number of hydrogen-bond donors (Lipinski definition) is 5. The van der Waals surface area contributed by atoms with E-state index in [1.54, 1.807) is 16.4 Å². The minimum absolute atomic E-state index is 0.257. The van der Waals surface area contributed by atoms with Crippen molar-refractivity contribution in [2.24, 2.45) is 5.92 Å². The second-order valence-corrected chi connectivity index (χ2v) is 9.15. The van der Waals surface area contributed by atoms with E-state index >= 15 is 0 Å². The quantitative estimate of drug-likeness (QED) is 0.299. The Kier molecular flexibility index (Phi) is 5.69. The van der Waals surface area contributed by atoms with Crippen molar-refractivity contribution >= 4 is 17.3 Å². The van der Waals surface area contributed by atoms with Crippen LogP contribution in [0.3, 0.4) is 0 Å². The second-order valence-electron chi connectivity index (χ2n) is 9.15. The van der Waals surface area contributed by atoms with Crippen molar-refractivity contribution in [3.05, 3.63) is 51.7 Å². The number of amides is 2.